The van der Waals surface area contributed by atoms with Gasteiger partial charge in [-0.25, -0.2) is 0 Å². The van der Waals surface area contributed by atoms with Crippen molar-refractivity contribution in [2.45, 2.75) is 13.8 Å². The molecule has 0 aliphatic rings. The average Bonchev–Trinajstić information content (AvgIpc) is 2.55. The van der Waals surface area contributed by atoms with Gasteiger partial charge in [0.2, 0.25) is 0 Å². The van der Waals surface area contributed by atoms with E-state index < -0.39 is 0 Å². The van der Waals surface area contributed by atoms with Gasteiger partial charge in [0.15, 0.2) is 0 Å². The van der Waals surface area contributed by atoms with Crippen molar-refractivity contribution in [2.75, 3.05) is 0 Å². The van der Waals surface area contributed by atoms with Gasteiger partial charge in [0.25, 0.3) is 0 Å². The number of hydrogen-bond acceptors (Lipinski definition) is 0. The van der Waals surface area contributed by atoms with E-state index in [1.54, 1.807) is 0 Å². The van der Waals surface area contributed by atoms with E-state index in [9.17, 15) is 0 Å². The third-order valence-electron chi connectivity index (χ3n) is 4.55. The van der Waals surface area contributed by atoms with Crippen LogP contribution >= 0.6 is 0 Å². The third kappa shape index (κ3) is 1.92. The molecule has 0 N–H and O–H groups in total. The zero-order valence-corrected chi connectivity index (χ0v) is 12.9. The molecular weight excluding hydrogens is 264 g/mol. The van der Waals surface area contributed by atoms with Gasteiger partial charge in [0.05, 0.1) is 0 Å². The molecule has 0 radical (unpaired) electrons. The van der Waals surface area contributed by atoms with Crippen LogP contribution in [0.25, 0.3) is 32.7 Å². The molecule has 0 aliphatic heterocycles. The Morgan fingerprint density at radius 3 is 2.14 bits per heavy atom. The molecule has 0 aromatic heterocycles. The summed E-state index contributed by atoms with van der Waals surface area (Å²) in [6, 6.07) is 26.3. The summed E-state index contributed by atoms with van der Waals surface area (Å²) in [6.45, 7) is 4.39. The Balaban J connectivity index is 2.17. The molecular formula is C22H18. The summed E-state index contributed by atoms with van der Waals surface area (Å²) in [6.07, 6.45) is 0. The molecule has 0 fully saturated rings. The van der Waals surface area contributed by atoms with Crippen LogP contribution in [0.5, 0.6) is 0 Å². The lowest BCUT2D eigenvalue weighted by Crippen LogP contribution is -1.89. The van der Waals surface area contributed by atoms with E-state index in [0.29, 0.717) is 0 Å². The van der Waals surface area contributed by atoms with E-state index in [2.05, 4.69) is 86.6 Å². The van der Waals surface area contributed by atoms with E-state index in [-0.39, 0.29) is 0 Å². The van der Waals surface area contributed by atoms with Crippen LogP contribution in [0.2, 0.25) is 0 Å². The van der Waals surface area contributed by atoms with Gasteiger partial charge in [0, 0.05) is 0 Å². The van der Waals surface area contributed by atoms with Crippen LogP contribution in [0.3, 0.4) is 0 Å². The first kappa shape index (κ1) is 13.1. The normalized spacial score (nSPS) is 11.2. The van der Waals surface area contributed by atoms with Crippen molar-refractivity contribution in [3.05, 3.63) is 83.9 Å². The highest BCUT2D eigenvalue weighted by Crippen LogP contribution is 2.36. The first-order valence-electron chi connectivity index (χ1n) is 7.73. The molecule has 0 unspecified atom stereocenters. The number of aryl methyl sites for hydroxylation is 2. The maximum absolute atomic E-state index is 2.25. The fourth-order valence-electron chi connectivity index (χ4n) is 3.42. The van der Waals surface area contributed by atoms with Gasteiger partial charge in [-0.15, -0.1) is 0 Å². The minimum atomic E-state index is 1.30. The highest BCUT2D eigenvalue weighted by Gasteiger charge is 2.10. The van der Waals surface area contributed by atoms with Crippen LogP contribution in [0.4, 0.5) is 0 Å². The molecule has 0 aliphatic carbocycles. The maximum Gasteiger partial charge on any atom is -0.00699 e. The van der Waals surface area contributed by atoms with Crippen LogP contribution in [-0.2, 0) is 0 Å². The Morgan fingerprint density at radius 1 is 0.500 bits per heavy atom. The second-order valence-electron chi connectivity index (χ2n) is 5.95. The standard InChI is InChI=1S/C22H18/c1-15-7-5-11-20-18(15)10-6-12-21(20)22-16(2)13-14-17-8-3-4-9-19(17)22/h3-14H,1-2H3. The van der Waals surface area contributed by atoms with Crippen molar-refractivity contribution in [3.8, 4) is 11.1 Å². The molecule has 0 saturated heterocycles. The zero-order chi connectivity index (χ0) is 15.1. The monoisotopic (exact) mass is 282 g/mol. The molecule has 0 spiro atoms. The Kier molecular flexibility index (Phi) is 2.97. The Morgan fingerprint density at radius 2 is 1.23 bits per heavy atom. The molecule has 0 saturated carbocycles. The van der Waals surface area contributed by atoms with E-state index in [1.165, 1.54) is 43.8 Å². The second kappa shape index (κ2) is 4.99. The molecule has 0 heteroatoms. The van der Waals surface area contributed by atoms with Crippen LogP contribution < -0.4 is 0 Å². The van der Waals surface area contributed by atoms with Gasteiger partial charge < -0.3 is 0 Å². The average molecular weight is 282 g/mol. The number of benzene rings is 4. The Labute approximate surface area is 131 Å². The van der Waals surface area contributed by atoms with E-state index in [1.807, 2.05) is 0 Å². The van der Waals surface area contributed by atoms with Gasteiger partial charge >= 0.3 is 0 Å². The van der Waals surface area contributed by atoms with Crippen molar-refractivity contribution in [3.63, 3.8) is 0 Å². The predicted molar refractivity (Wildman–Crippen MR) is 96.4 cm³/mol. The molecule has 0 atom stereocenters. The summed E-state index contributed by atoms with van der Waals surface area (Å²) in [4.78, 5) is 0. The van der Waals surface area contributed by atoms with Gasteiger partial charge in [-0.2, -0.15) is 0 Å². The van der Waals surface area contributed by atoms with E-state index >= 15 is 0 Å². The molecule has 4 aromatic carbocycles. The lowest BCUT2D eigenvalue weighted by atomic mass is 9.90. The number of fused-ring (bicyclic) bond motifs is 2. The molecule has 4 aromatic rings. The van der Waals surface area contributed by atoms with Crippen molar-refractivity contribution in [2.24, 2.45) is 0 Å². The molecule has 22 heavy (non-hydrogen) atoms. The minimum Gasteiger partial charge on any atom is -0.0616 e. The second-order valence-corrected chi connectivity index (χ2v) is 5.95. The van der Waals surface area contributed by atoms with E-state index in [0.717, 1.165) is 0 Å². The largest absolute Gasteiger partial charge is 0.0616 e. The lowest BCUT2D eigenvalue weighted by Gasteiger charge is -2.14. The summed E-state index contributed by atoms with van der Waals surface area (Å²) in [5.74, 6) is 0. The van der Waals surface area contributed by atoms with Crippen LogP contribution in [0.15, 0.2) is 72.8 Å². The van der Waals surface area contributed by atoms with Crippen LogP contribution in [0, 0.1) is 13.8 Å². The van der Waals surface area contributed by atoms with E-state index in [4.69, 9.17) is 0 Å². The van der Waals surface area contributed by atoms with Crippen molar-refractivity contribution in [1.82, 2.24) is 0 Å². The Hall–Kier alpha value is -2.60. The molecule has 106 valence electrons. The third-order valence-corrected chi connectivity index (χ3v) is 4.55. The van der Waals surface area contributed by atoms with Crippen molar-refractivity contribution < 1.29 is 0 Å². The van der Waals surface area contributed by atoms with Crippen molar-refractivity contribution >= 4 is 21.5 Å². The van der Waals surface area contributed by atoms with Gasteiger partial charge in [-0.3, -0.25) is 0 Å². The van der Waals surface area contributed by atoms with Crippen LogP contribution in [0.1, 0.15) is 11.1 Å². The summed E-state index contributed by atoms with van der Waals surface area (Å²) >= 11 is 0. The van der Waals surface area contributed by atoms with Crippen LogP contribution in [-0.4, -0.2) is 0 Å². The SMILES string of the molecule is Cc1ccc2ccccc2c1-c1cccc2c(C)cccc12. The van der Waals surface area contributed by atoms with Gasteiger partial charge in [-0.05, 0) is 57.6 Å². The Bertz CT molecular complexity index is 993. The topological polar surface area (TPSA) is 0 Å². The minimum absolute atomic E-state index is 1.30. The molecule has 0 amide bonds. The van der Waals surface area contributed by atoms with Crippen molar-refractivity contribution in [1.29, 1.82) is 0 Å². The highest BCUT2D eigenvalue weighted by molar-refractivity contribution is 6.07. The number of rotatable bonds is 1. The quantitative estimate of drug-likeness (QED) is 0.385. The maximum atomic E-state index is 2.25. The molecule has 0 bridgehead atoms. The summed E-state index contributed by atoms with van der Waals surface area (Å²) < 4.78 is 0. The lowest BCUT2D eigenvalue weighted by molar-refractivity contribution is 1.49. The smallest absolute Gasteiger partial charge is 0.00699 e. The fourth-order valence-corrected chi connectivity index (χ4v) is 3.42. The number of hydrogen-bond donors (Lipinski definition) is 0. The molecule has 4 rings (SSSR count). The fraction of sp³-hybridized carbons (Fsp3) is 0.0909. The first-order valence-corrected chi connectivity index (χ1v) is 7.73. The first-order chi connectivity index (χ1) is 10.8. The molecule has 0 nitrogen and oxygen atoms in total. The summed E-state index contributed by atoms with van der Waals surface area (Å²) in [5.41, 5.74) is 5.34. The summed E-state index contributed by atoms with van der Waals surface area (Å²) in [5, 5.41) is 5.30. The summed E-state index contributed by atoms with van der Waals surface area (Å²) in [7, 11) is 0. The van der Waals surface area contributed by atoms with Gasteiger partial charge in [-0.1, -0.05) is 72.8 Å². The highest BCUT2D eigenvalue weighted by atomic mass is 14.1. The zero-order valence-electron chi connectivity index (χ0n) is 12.9. The van der Waals surface area contributed by atoms with Gasteiger partial charge in [0.1, 0.15) is 0 Å². The molecule has 0 heterocycles. The predicted octanol–water partition coefficient (Wildman–Crippen LogP) is 6.28.